The molecule has 0 aliphatic carbocycles. The zero-order chi connectivity index (χ0) is 22.5. The minimum atomic E-state index is 0.0235. The highest BCUT2D eigenvalue weighted by atomic mass is 16.5. The fraction of sp³-hybridized carbons (Fsp3) is 0.480. The number of piperidine rings is 1. The number of carbonyl (C=O) groups excluding carboxylic acids is 1. The summed E-state index contributed by atoms with van der Waals surface area (Å²) in [5, 5.41) is 10.1. The number of amides is 1. The normalized spacial score (nSPS) is 17.9. The number of ether oxygens (including phenoxy) is 2. The predicted octanol–water partition coefficient (Wildman–Crippen LogP) is 2.97. The summed E-state index contributed by atoms with van der Waals surface area (Å²) in [5.74, 6) is 1.28. The molecular formula is C25H33N3O4. The summed E-state index contributed by atoms with van der Waals surface area (Å²) in [7, 11) is 3.07. The Hall–Kier alpha value is -2.93. The molecule has 4 rings (SSSR count). The first-order valence-electron chi connectivity index (χ1n) is 11.3. The lowest BCUT2D eigenvalue weighted by molar-refractivity contribution is -0.137. The lowest BCUT2D eigenvalue weighted by Gasteiger charge is -2.39. The molecule has 1 amide bonds. The molecule has 0 atom stereocenters. The van der Waals surface area contributed by atoms with Crippen LogP contribution in [0.1, 0.15) is 18.4 Å². The number of hydrogen-bond acceptors (Lipinski definition) is 6. The van der Waals surface area contributed by atoms with Gasteiger partial charge in [-0.15, -0.1) is 0 Å². The molecule has 2 aromatic rings. The molecule has 2 fully saturated rings. The second kappa shape index (κ2) is 10.1. The molecule has 2 heterocycles. The van der Waals surface area contributed by atoms with Gasteiger partial charge >= 0.3 is 0 Å². The number of piperazine rings is 1. The van der Waals surface area contributed by atoms with Gasteiger partial charge in [-0.1, -0.05) is 18.2 Å². The molecule has 172 valence electrons. The van der Waals surface area contributed by atoms with Crippen LogP contribution < -0.4 is 14.4 Å². The summed E-state index contributed by atoms with van der Waals surface area (Å²) in [5.41, 5.74) is 2.26. The number of phenolic OH excluding ortho intramolecular Hbond substituents is 1. The summed E-state index contributed by atoms with van der Waals surface area (Å²) in [4.78, 5) is 19.8. The Labute approximate surface area is 190 Å². The van der Waals surface area contributed by atoms with Gasteiger partial charge in [0, 0.05) is 44.3 Å². The van der Waals surface area contributed by atoms with Crippen LogP contribution in [0.25, 0.3) is 0 Å². The summed E-state index contributed by atoms with van der Waals surface area (Å²) in [6.45, 7) is 5.86. The van der Waals surface area contributed by atoms with E-state index in [4.69, 9.17) is 9.47 Å². The average molecular weight is 440 g/mol. The standard InChI is InChI=1S/C25H33N3O4/c1-31-22-16-19(17-23(32-2)24(22)29)18-26-10-8-20(9-11-26)25(30)28-14-12-27(13-15-28)21-6-4-3-5-7-21/h3-7,16-17,20,29H,8-15,18H2,1-2H3. The highest BCUT2D eigenvalue weighted by Crippen LogP contribution is 2.37. The number of para-hydroxylation sites is 1. The van der Waals surface area contributed by atoms with E-state index in [0.717, 1.165) is 64.2 Å². The molecule has 0 unspecified atom stereocenters. The third-order valence-electron chi connectivity index (χ3n) is 6.60. The van der Waals surface area contributed by atoms with Gasteiger partial charge in [0.1, 0.15) is 0 Å². The maximum Gasteiger partial charge on any atom is 0.225 e. The maximum atomic E-state index is 13.1. The highest BCUT2D eigenvalue weighted by Gasteiger charge is 2.30. The topological polar surface area (TPSA) is 65.5 Å². The molecule has 2 aliphatic heterocycles. The van der Waals surface area contributed by atoms with E-state index in [1.165, 1.54) is 19.9 Å². The van der Waals surface area contributed by atoms with Crippen molar-refractivity contribution in [3.8, 4) is 17.2 Å². The summed E-state index contributed by atoms with van der Waals surface area (Å²) in [6, 6.07) is 14.1. The summed E-state index contributed by atoms with van der Waals surface area (Å²) >= 11 is 0. The van der Waals surface area contributed by atoms with Crippen LogP contribution in [0, 0.1) is 5.92 Å². The summed E-state index contributed by atoms with van der Waals surface area (Å²) < 4.78 is 10.5. The second-order valence-electron chi connectivity index (χ2n) is 8.55. The van der Waals surface area contributed by atoms with E-state index >= 15 is 0 Å². The largest absolute Gasteiger partial charge is 0.502 e. The molecule has 0 radical (unpaired) electrons. The zero-order valence-electron chi connectivity index (χ0n) is 19.0. The second-order valence-corrected chi connectivity index (χ2v) is 8.55. The molecule has 1 N–H and O–H groups in total. The van der Waals surface area contributed by atoms with Gasteiger partial charge in [-0.25, -0.2) is 0 Å². The molecule has 2 aliphatic rings. The minimum Gasteiger partial charge on any atom is -0.502 e. The van der Waals surface area contributed by atoms with E-state index in [1.54, 1.807) is 0 Å². The van der Waals surface area contributed by atoms with Gasteiger partial charge in [0.25, 0.3) is 0 Å². The van der Waals surface area contributed by atoms with Crippen molar-refractivity contribution in [2.24, 2.45) is 5.92 Å². The zero-order valence-corrected chi connectivity index (χ0v) is 19.0. The molecule has 0 aromatic heterocycles. The van der Waals surface area contributed by atoms with Crippen LogP contribution in [0.4, 0.5) is 5.69 Å². The molecular weight excluding hydrogens is 406 g/mol. The number of likely N-dealkylation sites (tertiary alicyclic amines) is 1. The Morgan fingerprint density at radius 3 is 2.09 bits per heavy atom. The van der Waals surface area contributed by atoms with Gasteiger partial charge < -0.3 is 24.4 Å². The van der Waals surface area contributed by atoms with Crippen LogP contribution in [-0.2, 0) is 11.3 Å². The van der Waals surface area contributed by atoms with Gasteiger partial charge in [0.05, 0.1) is 14.2 Å². The number of benzene rings is 2. The van der Waals surface area contributed by atoms with E-state index in [9.17, 15) is 9.90 Å². The first kappa shape index (κ1) is 22.3. The Morgan fingerprint density at radius 2 is 1.53 bits per heavy atom. The fourth-order valence-corrected chi connectivity index (χ4v) is 4.72. The van der Waals surface area contributed by atoms with Gasteiger partial charge in [0.2, 0.25) is 11.7 Å². The number of methoxy groups -OCH3 is 2. The van der Waals surface area contributed by atoms with Crippen LogP contribution in [0.2, 0.25) is 0 Å². The van der Waals surface area contributed by atoms with Crippen molar-refractivity contribution in [3.05, 3.63) is 48.0 Å². The smallest absolute Gasteiger partial charge is 0.225 e. The van der Waals surface area contributed by atoms with Crippen molar-refractivity contribution in [3.63, 3.8) is 0 Å². The van der Waals surface area contributed by atoms with Crippen molar-refractivity contribution >= 4 is 11.6 Å². The molecule has 32 heavy (non-hydrogen) atoms. The average Bonchev–Trinajstić information content (AvgIpc) is 2.85. The molecule has 0 spiro atoms. The van der Waals surface area contributed by atoms with Gasteiger partial charge in [-0.2, -0.15) is 0 Å². The monoisotopic (exact) mass is 439 g/mol. The number of phenols is 1. The predicted molar refractivity (Wildman–Crippen MR) is 124 cm³/mol. The molecule has 7 nitrogen and oxygen atoms in total. The Morgan fingerprint density at radius 1 is 0.938 bits per heavy atom. The lowest BCUT2D eigenvalue weighted by Crippen LogP contribution is -2.51. The lowest BCUT2D eigenvalue weighted by atomic mass is 9.94. The molecule has 0 bridgehead atoms. The van der Waals surface area contributed by atoms with Crippen molar-refractivity contribution in [2.45, 2.75) is 19.4 Å². The van der Waals surface area contributed by atoms with Crippen LogP contribution in [0.3, 0.4) is 0 Å². The fourth-order valence-electron chi connectivity index (χ4n) is 4.72. The minimum absolute atomic E-state index is 0.0235. The van der Waals surface area contributed by atoms with Crippen LogP contribution in [0.5, 0.6) is 17.2 Å². The maximum absolute atomic E-state index is 13.1. The number of anilines is 1. The third-order valence-corrected chi connectivity index (χ3v) is 6.60. The number of hydrogen-bond donors (Lipinski definition) is 1. The number of rotatable bonds is 6. The molecule has 0 saturated carbocycles. The number of carbonyl (C=O) groups is 1. The van der Waals surface area contributed by atoms with Crippen molar-refractivity contribution < 1.29 is 19.4 Å². The van der Waals surface area contributed by atoms with Crippen LogP contribution in [-0.4, -0.2) is 74.3 Å². The first-order valence-corrected chi connectivity index (χ1v) is 11.3. The van der Waals surface area contributed by atoms with E-state index in [0.29, 0.717) is 17.4 Å². The van der Waals surface area contributed by atoms with Crippen molar-refractivity contribution in [1.82, 2.24) is 9.80 Å². The van der Waals surface area contributed by atoms with Crippen molar-refractivity contribution in [2.75, 3.05) is 58.4 Å². The SMILES string of the molecule is COc1cc(CN2CCC(C(=O)N3CCN(c4ccccc4)CC3)CC2)cc(OC)c1O. The van der Waals surface area contributed by atoms with E-state index in [-0.39, 0.29) is 11.7 Å². The molecule has 7 heteroatoms. The molecule has 2 aromatic carbocycles. The van der Waals surface area contributed by atoms with Crippen LogP contribution in [0.15, 0.2) is 42.5 Å². The Kier molecular flexibility index (Phi) is 7.05. The Balaban J connectivity index is 1.27. The van der Waals surface area contributed by atoms with Gasteiger partial charge in [-0.3, -0.25) is 9.69 Å². The van der Waals surface area contributed by atoms with Crippen LogP contribution >= 0.6 is 0 Å². The van der Waals surface area contributed by atoms with Gasteiger partial charge in [-0.05, 0) is 55.8 Å². The summed E-state index contributed by atoms with van der Waals surface area (Å²) in [6.07, 6.45) is 1.76. The third kappa shape index (κ3) is 4.93. The van der Waals surface area contributed by atoms with Gasteiger partial charge in [0.15, 0.2) is 11.5 Å². The quantitative estimate of drug-likeness (QED) is 0.747. The first-order chi connectivity index (χ1) is 15.6. The van der Waals surface area contributed by atoms with E-state index in [1.807, 2.05) is 18.2 Å². The Bertz CT molecular complexity index is 880. The highest BCUT2D eigenvalue weighted by molar-refractivity contribution is 5.79. The number of nitrogens with zero attached hydrogens (tertiary/aromatic N) is 3. The van der Waals surface area contributed by atoms with E-state index in [2.05, 4.69) is 39.0 Å². The number of aromatic hydroxyl groups is 1. The van der Waals surface area contributed by atoms with Crippen molar-refractivity contribution in [1.29, 1.82) is 0 Å². The molecule has 2 saturated heterocycles. The van der Waals surface area contributed by atoms with E-state index < -0.39 is 0 Å².